The number of hydrogen-bond donors (Lipinski definition) is 2. The number of aromatic nitrogens is 5. The highest BCUT2D eigenvalue weighted by Crippen LogP contribution is 2.21. The van der Waals surface area contributed by atoms with E-state index >= 15 is 0 Å². The minimum absolute atomic E-state index is 0.0785. The van der Waals surface area contributed by atoms with Crippen LogP contribution >= 0.6 is 0 Å². The Morgan fingerprint density at radius 3 is 2.17 bits per heavy atom. The predicted octanol–water partition coefficient (Wildman–Crippen LogP) is 5.55. The van der Waals surface area contributed by atoms with Gasteiger partial charge >= 0.3 is 12.1 Å². The molecule has 210 valence electrons. The van der Waals surface area contributed by atoms with Crippen LogP contribution in [0.3, 0.4) is 0 Å². The van der Waals surface area contributed by atoms with Crippen molar-refractivity contribution >= 4 is 17.6 Å². The molecule has 0 unspecified atom stereocenters. The van der Waals surface area contributed by atoms with Crippen molar-refractivity contribution in [2.75, 3.05) is 5.32 Å². The lowest BCUT2D eigenvalue weighted by Gasteiger charge is -2.05. The number of halogens is 3. The third-order valence-electron chi connectivity index (χ3n) is 5.72. The zero-order valence-electron chi connectivity index (χ0n) is 22.0. The Balaban J connectivity index is 0.000000493. The minimum atomic E-state index is -5.08. The van der Waals surface area contributed by atoms with Crippen LogP contribution in [0, 0.1) is 13.8 Å². The fourth-order valence-corrected chi connectivity index (χ4v) is 3.85. The lowest BCUT2D eigenvalue weighted by Crippen LogP contribution is -2.21. The molecule has 0 atom stereocenters. The monoisotopic (exact) mass is 562 g/mol. The maximum absolute atomic E-state index is 12.5. The van der Waals surface area contributed by atoms with E-state index in [1.807, 2.05) is 73.8 Å². The first kappa shape index (κ1) is 28.7. The van der Waals surface area contributed by atoms with E-state index in [0.717, 1.165) is 33.8 Å². The molecule has 2 aromatic heterocycles. The summed E-state index contributed by atoms with van der Waals surface area (Å²) in [6, 6.07) is 24.0. The first-order valence-corrected chi connectivity index (χ1v) is 12.3. The van der Waals surface area contributed by atoms with Gasteiger partial charge in [-0.25, -0.2) is 14.2 Å². The van der Waals surface area contributed by atoms with Crippen LogP contribution in [-0.2, 0) is 16.0 Å². The van der Waals surface area contributed by atoms with E-state index in [2.05, 4.69) is 39.8 Å². The molecule has 0 bridgehead atoms. The van der Waals surface area contributed by atoms with Crippen LogP contribution in [-0.4, -0.2) is 47.9 Å². The van der Waals surface area contributed by atoms with Gasteiger partial charge in [0, 0.05) is 5.56 Å². The van der Waals surface area contributed by atoms with Gasteiger partial charge in [-0.15, -0.1) is 5.10 Å². The number of alkyl halides is 3. The van der Waals surface area contributed by atoms with Gasteiger partial charge in [0.1, 0.15) is 5.69 Å². The van der Waals surface area contributed by atoms with E-state index < -0.39 is 12.1 Å². The summed E-state index contributed by atoms with van der Waals surface area (Å²) in [5.41, 5.74) is 7.49. The average molecular weight is 563 g/mol. The second kappa shape index (κ2) is 12.3. The van der Waals surface area contributed by atoms with Gasteiger partial charge in [0.25, 0.3) is 0 Å². The highest BCUT2D eigenvalue weighted by molar-refractivity contribution is 5.92. The van der Waals surface area contributed by atoms with Crippen LogP contribution in [0.2, 0.25) is 0 Å². The van der Waals surface area contributed by atoms with E-state index in [-0.39, 0.29) is 5.91 Å². The van der Waals surface area contributed by atoms with Gasteiger partial charge in [-0.1, -0.05) is 64.9 Å². The maximum atomic E-state index is 12.5. The Morgan fingerprint density at radius 1 is 0.878 bits per heavy atom. The fraction of sp³-hybridized carbons (Fsp3) is 0.138. The molecular formula is C29H25F3N6O3. The smallest absolute Gasteiger partial charge is 0.475 e. The second-order valence-corrected chi connectivity index (χ2v) is 9.13. The number of hydrogen-bond acceptors (Lipinski definition) is 5. The highest BCUT2D eigenvalue weighted by atomic mass is 19.4. The number of amides is 1. The normalized spacial score (nSPS) is 11.0. The molecule has 0 aliphatic rings. The number of carboxylic acid groups (broad SMARTS) is 1. The van der Waals surface area contributed by atoms with E-state index in [4.69, 9.17) is 9.90 Å². The number of nitrogens with one attached hydrogen (secondary N) is 1. The Morgan fingerprint density at radius 2 is 1.51 bits per heavy atom. The summed E-state index contributed by atoms with van der Waals surface area (Å²) in [6.07, 6.45) is 0.588. The van der Waals surface area contributed by atoms with Crippen molar-refractivity contribution in [3.63, 3.8) is 0 Å². The largest absolute Gasteiger partial charge is 0.490 e. The Labute approximate surface area is 232 Å². The first-order valence-electron chi connectivity index (χ1n) is 12.3. The summed E-state index contributed by atoms with van der Waals surface area (Å²) in [5.74, 6) is -2.84. The molecule has 2 heterocycles. The zero-order valence-corrected chi connectivity index (χ0v) is 22.0. The number of rotatable bonds is 6. The molecule has 1 amide bonds. The molecule has 9 nitrogen and oxygen atoms in total. The Kier molecular flexibility index (Phi) is 8.61. The molecule has 0 saturated heterocycles. The molecule has 0 aliphatic heterocycles. The molecule has 41 heavy (non-hydrogen) atoms. The summed E-state index contributed by atoms with van der Waals surface area (Å²) in [6.45, 7) is 4.07. The van der Waals surface area contributed by atoms with E-state index in [9.17, 15) is 18.0 Å². The highest BCUT2D eigenvalue weighted by Gasteiger charge is 2.38. The number of nitrogens with zero attached hydrogens (tertiary/aromatic N) is 5. The van der Waals surface area contributed by atoms with Crippen molar-refractivity contribution in [1.29, 1.82) is 0 Å². The first-order chi connectivity index (χ1) is 19.5. The number of carboxylic acids is 1. The molecule has 0 saturated carbocycles. The third-order valence-corrected chi connectivity index (χ3v) is 5.72. The summed E-state index contributed by atoms with van der Waals surface area (Å²) >= 11 is 0. The van der Waals surface area contributed by atoms with E-state index in [0.29, 0.717) is 12.1 Å². The number of anilines is 1. The van der Waals surface area contributed by atoms with E-state index in [1.54, 1.807) is 21.8 Å². The molecule has 5 rings (SSSR count). The molecule has 0 spiro atoms. The van der Waals surface area contributed by atoms with Gasteiger partial charge in [-0.05, 0) is 43.7 Å². The fourth-order valence-electron chi connectivity index (χ4n) is 3.85. The van der Waals surface area contributed by atoms with Crippen LogP contribution < -0.4 is 5.32 Å². The standard InChI is InChI=1S/C27H24N6O.C2HF3O2/c1-19-6-3-8-21(12-19)14-27(34)29-23-16-28-32(17-23)24-10-5-11-25(15-24)33-18-26(30-31-33)22-9-4-7-20(2)13-22;3-2(4,5)1(6)7/h3-13,15-18H,14H2,1-2H3,(H,29,34);(H,6,7). The van der Waals surface area contributed by atoms with Crippen LogP contribution in [0.5, 0.6) is 0 Å². The number of benzene rings is 3. The lowest BCUT2D eigenvalue weighted by molar-refractivity contribution is -0.192. The van der Waals surface area contributed by atoms with Crippen molar-refractivity contribution in [3.05, 3.63) is 108 Å². The molecule has 12 heteroatoms. The quantitative estimate of drug-likeness (QED) is 0.280. The van der Waals surface area contributed by atoms with Gasteiger partial charge in [0.2, 0.25) is 5.91 Å². The molecular weight excluding hydrogens is 537 g/mol. The molecule has 2 N–H and O–H groups in total. The van der Waals surface area contributed by atoms with Gasteiger partial charge in [0.15, 0.2) is 0 Å². The topological polar surface area (TPSA) is 115 Å². The summed E-state index contributed by atoms with van der Waals surface area (Å²) in [7, 11) is 0. The van der Waals surface area contributed by atoms with Gasteiger partial charge in [-0.2, -0.15) is 18.3 Å². The SMILES string of the molecule is Cc1cccc(CC(=O)Nc2cnn(-c3cccc(-n4cc(-c5cccc(C)c5)nn4)c3)c2)c1.O=C(O)C(F)(F)F. The van der Waals surface area contributed by atoms with Crippen LogP contribution in [0.25, 0.3) is 22.6 Å². The van der Waals surface area contributed by atoms with E-state index in [1.165, 1.54) is 5.56 Å². The Hall–Kier alpha value is -5.26. The summed E-state index contributed by atoms with van der Waals surface area (Å²) in [4.78, 5) is 21.3. The predicted molar refractivity (Wildman–Crippen MR) is 146 cm³/mol. The molecule has 0 aliphatic carbocycles. The average Bonchev–Trinajstić information content (AvgIpc) is 3.59. The van der Waals surface area contributed by atoms with Crippen molar-refractivity contribution in [1.82, 2.24) is 24.8 Å². The number of aliphatic carboxylic acids is 1. The van der Waals surface area contributed by atoms with Crippen molar-refractivity contribution in [2.45, 2.75) is 26.4 Å². The van der Waals surface area contributed by atoms with Gasteiger partial charge < -0.3 is 10.4 Å². The van der Waals surface area contributed by atoms with Gasteiger partial charge in [0.05, 0.1) is 42.1 Å². The number of carbonyl (C=O) groups excluding carboxylic acids is 1. The molecule has 5 aromatic rings. The molecule has 0 radical (unpaired) electrons. The molecule has 3 aromatic carbocycles. The van der Waals surface area contributed by atoms with Gasteiger partial charge in [-0.3, -0.25) is 4.79 Å². The lowest BCUT2D eigenvalue weighted by atomic mass is 10.1. The minimum Gasteiger partial charge on any atom is -0.475 e. The van der Waals surface area contributed by atoms with Crippen molar-refractivity contribution in [2.24, 2.45) is 0 Å². The summed E-state index contributed by atoms with van der Waals surface area (Å²) < 4.78 is 35.2. The van der Waals surface area contributed by atoms with Crippen LogP contribution in [0.15, 0.2) is 91.4 Å². The third kappa shape index (κ3) is 7.88. The number of aryl methyl sites for hydroxylation is 2. The van der Waals surface area contributed by atoms with Crippen molar-refractivity contribution in [3.8, 4) is 22.6 Å². The Bertz CT molecular complexity index is 1680. The number of carbonyl (C=O) groups is 2. The maximum Gasteiger partial charge on any atom is 0.490 e. The van der Waals surface area contributed by atoms with Crippen molar-refractivity contribution < 1.29 is 27.9 Å². The van der Waals surface area contributed by atoms with Crippen LogP contribution in [0.4, 0.5) is 18.9 Å². The second-order valence-electron chi connectivity index (χ2n) is 9.13. The zero-order chi connectivity index (χ0) is 29.6. The van der Waals surface area contributed by atoms with Crippen LogP contribution in [0.1, 0.15) is 16.7 Å². The summed E-state index contributed by atoms with van der Waals surface area (Å²) in [5, 5.41) is 23.1. The molecule has 0 fully saturated rings.